The molecule has 0 spiro atoms. The van der Waals surface area contributed by atoms with Crippen molar-refractivity contribution in [1.29, 1.82) is 0 Å². The maximum Gasteiger partial charge on any atom is 0.211 e. The van der Waals surface area contributed by atoms with Crippen LogP contribution in [0.25, 0.3) is 0 Å². The largest absolute Gasteiger partial charge is 0.374 e. The molecule has 20 heavy (non-hydrogen) atoms. The number of nitrogens with zero attached hydrogens (tertiary/aromatic N) is 2. The van der Waals surface area contributed by atoms with Crippen molar-refractivity contribution in [3.63, 3.8) is 0 Å². The second-order valence-electron chi connectivity index (χ2n) is 6.05. The zero-order chi connectivity index (χ0) is 14.6. The Morgan fingerprint density at radius 1 is 1.40 bits per heavy atom. The van der Waals surface area contributed by atoms with E-state index in [1.807, 2.05) is 0 Å². The number of hydrogen-bond acceptors (Lipinski definition) is 5. The van der Waals surface area contributed by atoms with Gasteiger partial charge in [0.05, 0.1) is 19.0 Å². The standard InChI is InChI=1S/C13H27N3O3S/c1-15(11-13-8-14-5-7-19-13)9-12-4-3-6-16(10-12)20(2,17)18/h12-14H,3-11H2,1-2H3. The van der Waals surface area contributed by atoms with E-state index in [1.165, 1.54) is 6.26 Å². The molecule has 2 unspecified atom stereocenters. The summed E-state index contributed by atoms with van der Waals surface area (Å²) < 4.78 is 30.6. The van der Waals surface area contributed by atoms with Crippen molar-refractivity contribution in [2.75, 3.05) is 59.2 Å². The van der Waals surface area contributed by atoms with E-state index >= 15 is 0 Å². The molecule has 2 aliphatic heterocycles. The summed E-state index contributed by atoms with van der Waals surface area (Å²) in [6.45, 7) is 5.80. The van der Waals surface area contributed by atoms with Gasteiger partial charge in [0.2, 0.25) is 10.0 Å². The first-order valence-corrected chi connectivity index (χ1v) is 9.26. The Balaban J connectivity index is 1.77. The van der Waals surface area contributed by atoms with Crippen LogP contribution in [0.4, 0.5) is 0 Å². The summed E-state index contributed by atoms with van der Waals surface area (Å²) in [4.78, 5) is 2.27. The highest BCUT2D eigenvalue weighted by molar-refractivity contribution is 7.88. The first-order valence-electron chi connectivity index (χ1n) is 7.41. The fourth-order valence-corrected chi connectivity index (χ4v) is 4.02. The molecule has 0 radical (unpaired) electrons. The van der Waals surface area contributed by atoms with E-state index in [0.29, 0.717) is 19.0 Å². The van der Waals surface area contributed by atoms with Gasteiger partial charge in [0, 0.05) is 39.3 Å². The molecule has 6 nitrogen and oxygen atoms in total. The number of piperidine rings is 1. The first kappa shape index (κ1) is 16.2. The average Bonchev–Trinajstić information content (AvgIpc) is 2.39. The minimum atomic E-state index is -3.04. The highest BCUT2D eigenvalue weighted by atomic mass is 32.2. The molecular formula is C13H27N3O3S. The van der Waals surface area contributed by atoms with Crippen LogP contribution in [0.1, 0.15) is 12.8 Å². The van der Waals surface area contributed by atoms with Crippen LogP contribution in [0, 0.1) is 5.92 Å². The Morgan fingerprint density at radius 2 is 2.20 bits per heavy atom. The lowest BCUT2D eigenvalue weighted by atomic mass is 9.99. The summed E-state index contributed by atoms with van der Waals surface area (Å²) >= 11 is 0. The lowest BCUT2D eigenvalue weighted by Gasteiger charge is -2.34. The third-order valence-electron chi connectivity index (χ3n) is 4.04. The van der Waals surface area contributed by atoms with Gasteiger partial charge < -0.3 is 15.0 Å². The Labute approximate surface area is 122 Å². The van der Waals surface area contributed by atoms with Crippen LogP contribution in [0.3, 0.4) is 0 Å². The molecule has 7 heteroatoms. The molecule has 0 aliphatic carbocycles. The van der Waals surface area contributed by atoms with Crippen molar-refractivity contribution in [3.05, 3.63) is 0 Å². The second-order valence-corrected chi connectivity index (χ2v) is 8.03. The summed E-state index contributed by atoms with van der Waals surface area (Å²) in [7, 11) is -0.947. The quantitative estimate of drug-likeness (QED) is 0.747. The van der Waals surface area contributed by atoms with Crippen molar-refractivity contribution < 1.29 is 13.2 Å². The molecule has 2 fully saturated rings. The Kier molecular flexibility index (Phi) is 5.80. The SMILES string of the molecule is CN(CC1CCCN(S(C)(=O)=O)C1)CC1CNCCO1. The Morgan fingerprint density at radius 3 is 2.85 bits per heavy atom. The van der Waals surface area contributed by atoms with Crippen molar-refractivity contribution in [2.24, 2.45) is 5.92 Å². The summed E-state index contributed by atoms with van der Waals surface area (Å²) in [5.74, 6) is 0.431. The van der Waals surface area contributed by atoms with Crippen molar-refractivity contribution in [3.8, 4) is 0 Å². The molecule has 2 atom stereocenters. The number of ether oxygens (including phenoxy) is 1. The number of nitrogens with one attached hydrogen (secondary N) is 1. The lowest BCUT2D eigenvalue weighted by Crippen LogP contribution is -2.47. The monoisotopic (exact) mass is 305 g/mol. The van der Waals surface area contributed by atoms with E-state index in [0.717, 1.165) is 45.6 Å². The summed E-state index contributed by atoms with van der Waals surface area (Å²) in [6.07, 6.45) is 3.64. The summed E-state index contributed by atoms with van der Waals surface area (Å²) in [5, 5.41) is 3.33. The van der Waals surface area contributed by atoms with Crippen molar-refractivity contribution in [2.45, 2.75) is 18.9 Å². The van der Waals surface area contributed by atoms with E-state index in [1.54, 1.807) is 4.31 Å². The molecule has 2 rings (SSSR count). The van der Waals surface area contributed by atoms with Gasteiger partial charge in [-0.3, -0.25) is 0 Å². The number of likely N-dealkylation sites (N-methyl/N-ethyl adjacent to an activating group) is 1. The second kappa shape index (κ2) is 7.17. The highest BCUT2D eigenvalue weighted by Gasteiger charge is 2.27. The molecular weight excluding hydrogens is 278 g/mol. The highest BCUT2D eigenvalue weighted by Crippen LogP contribution is 2.19. The summed E-state index contributed by atoms with van der Waals surface area (Å²) in [5.41, 5.74) is 0. The Hall–Kier alpha value is -0.210. The van der Waals surface area contributed by atoms with E-state index in [-0.39, 0.29) is 6.10 Å². The van der Waals surface area contributed by atoms with Crippen LogP contribution in [0.15, 0.2) is 0 Å². The van der Waals surface area contributed by atoms with E-state index in [9.17, 15) is 8.42 Å². The molecule has 2 saturated heterocycles. The molecule has 0 aromatic heterocycles. The van der Waals surface area contributed by atoms with Crippen LogP contribution in [-0.4, -0.2) is 82.9 Å². The van der Waals surface area contributed by atoms with Gasteiger partial charge in [-0.1, -0.05) is 0 Å². The molecule has 0 amide bonds. The maximum absolute atomic E-state index is 11.6. The molecule has 0 saturated carbocycles. The van der Waals surface area contributed by atoms with Gasteiger partial charge in [-0.25, -0.2) is 12.7 Å². The zero-order valence-corrected chi connectivity index (χ0v) is 13.4. The van der Waals surface area contributed by atoms with Gasteiger partial charge in [0.15, 0.2) is 0 Å². The van der Waals surface area contributed by atoms with E-state index in [2.05, 4.69) is 17.3 Å². The average molecular weight is 305 g/mol. The molecule has 118 valence electrons. The normalized spacial score (nSPS) is 29.8. The van der Waals surface area contributed by atoms with Gasteiger partial charge in [0.25, 0.3) is 0 Å². The molecule has 0 aromatic carbocycles. The smallest absolute Gasteiger partial charge is 0.211 e. The fraction of sp³-hybridized carbons (Fsp3) is 1.00. The number of hydrogen-bond donors (Lipinski definition) is 1. The van der Waals surface area contributed by atoms with Crippen LogP contribution in [0.5, 0.6) is 0 Å². The van der Waals surface area contributed by atoms with E-state index in [4.69, 9.17) is 4.74 Å². The fourth-order valence-electron chi connectivity index (χ4n) is 3.08. The Bertz CT molecular complexity index is 396. The maximum atomic E-state index is 11.6. The predicted molar refractivity (Wildman–Crippen MR) is 79.2 cm³/mol. The molecule has 1 N–H and O–H groups in total. The number of sulfonamides is 1. The zero-order valence-electron chi connectivity index (χ0n) is 12.5. The van der Waals surface area contributed by atoms with E-state index < -0.39 is 10.0 Å². The lowest BCUT2D eigenvalue weighted by molar-refractivity contribution is 0.00661. The first-order chi connectivity index (χ1) is 9.45. The van der Waals surface area contributed by atoms with Crippen LogP contribution in [0.2, 0.25) is 0 Å². The van der Waals surface area contributed by atoms with Gasteiger partial charge in [-0.2, -0.15) is 0 Å². The van der Waals surface area contributed by atoms with Gasteiger partial charge in [-0.05, 0) is 25.8 Å². The van der Waals surface area contributed by atoms with Crippen LogP contribution in [-0.2, 0) is 14.8 Å². The third-order valence-corrected chi connectivity index (χ3v) is 5.31. The van der Waals surface area contributed by atoms with Gasteiger partial charge >= 0.3 is 0 Å². The molecule has 2 heterocycles. The predicted octanol–water partition coefficient (Wildman–Crippen LogP) is -0.422. The minimum Gasteiger partial charge on any atom is -0.374 e. The van der Waals surface area contributed by atoms with Crippen LogP contribution >= 0.6 is 0 Å². The number of morpholine rings is 1. The third kappa shape index (κ3) is 4.96. The number of rotatable bonds is 5. The molecule has 0 bridgehead atoms. The van der Waals surface area contributed by atoms with Gasteiger partial charge in [0.1, 0.15) is 0 Å². The minimum absolute atomic E-state index is 0.253. The topological polar surface area (TPSA) is 61.9 Å². The molecule has 2 aliphatic rings. The van der Waals surface area contributed by atoms with Gasteiger partial charge in [-0.15, -0.1) is 0 Å². The summed E-state index contributed by atoms with van der Waals surface area (Å²) in [6, 6.07) is 0. The van der Waals surface area contributed by atoms with Crippen molar-refractivity contribution >= 4 is 10.0 Å². The van der Waals surface area contributed by atoms with Crippen molar-refractivity contribution in [1.82, 2.24) is 14.5 Å². The molecule has 0 aromatic rings. The van der Waals surface area contributed by atoms with Crippen LogP contribution < -0.4 is 5.32 Å².